The van der Waals surface area contributed by atoms with Crippen LogP contribution >= 0.6 is 0 Å². The van der Waals surface area contributed by atoms with Crippen molar-refractivity contribution in [1.82, 2.24) is 34.6 Å². The van der Waals surface area contributed by atoms with Crippen molar-refractivity contribution >= 4 is 16.6 Å². The Morgan fingerprint density at radius 3 is 2.92 bits per heavy atom. The van der Waals surface area contributed by atoms with Crippen molar-refractivity contribution in [3.63, 3.8) is 0 Å². The maximum atomic E-state index is 14.4. The Balaban J connectivity index is 1.58. The van der Waals surface area contributed by atoms with Crippen LogP contribution in [0.3, 0.4) is 0 Å². The van der Waals surface area contributed by atoms with E-state index in [2.05, 4.69) is 25.4 Å². The molecule has 5 rings (SSSR count). The van der Waals surface area contributed by atoms with Crippen molar-refractivity contribution in [3.05, 3.63) is 66.1 Å². The van der Waals surface area contributed by atoms with E-state index in [4.69, 9.17) is 0 Å². The van der Waals surface area contributed by atoms with Gasteiger partial charge in [0.25, 0.3) is 0 Å². The van der Waals surface area contributed by atoms with Crippen molar-refractivity contribution < 1.29 is 4.39 Å². The van der Waals surface area contributed by atoms with Gasteiger partial charge in [0.1, 0.15) is 5.82 Å². The maximum absolute atomic E-state index is 14.4. The number of fused-ring (bicyclic) bond motifs is 2. The van der Waals surface area contributed by atoms with Crippen LogP contribution in [0, 0.1) is 5.82 Å². The molecule has 7 nitrogen and oxygen atoms in total. The zero-order valence-corrected chi connectivity index (χ0v) is 13.9. The molecule has 1 aromatic carbocycles. The summed E-state index contributed by atoms with van der Waals surface area (Å²) in [6.07, 6.45) is 7.46. The average molecular weight is 347 g/mol. The first kappa shape index (κ1) is 14.8. The van der Waals surface area contributed by atoms with Gasteiger partial charge in [-0.1, -0.05) is 0 Å². The monoisotopic (exact) mass is 347 g/mol. The van der Waals surface area contributed by atoms with Gasteiger partial charge in [-0.15, -0.1) is 0 Å². The number of hydrogen-bond acceptors (Lipinski definition) is 4. The highest BCUT2D eigenvalue weighted by Crippen LogP contribution is 2.21. The molecule has 0 spiro atoms. The molecule has 4 aromatic heterocycles. The smallest absolute Gasteiger partial charge is 0.153 e. The average Bonchev–Trinajstić information content (AvgIpc) is 3.35. The number of aromatic nitrogens is 7. The molecule has 0 saturated heterocycles. The van der Waals surface area contributed by atoms with Crippen LogP contribution in [0.4, 0.5) is 4.39 Å². The van der Waals surface area contributed by atoms with Crippen LogP contribution in [0.2, 0.25) is 0 Å². The minimum atomic E-state index is -0.278. The summed E-state index contributed by atoms with van der Waals surface area (Å²) >= 11 is 0. The lowest BCUT2D eigenvalue weighted by molar-refractivity contribution is 0.614. The van der Waals surface area contributed by atoms with Crippen molar-refractivity contribution in [2.45, 2.75) is 6.42 Å². The van der Waals surface area contributed by atoms with Gasteiger partial charge < -0.3 is 0 Å². The number of rotatable bonds is 3. The van der Waals surface area contributed by atoms with E-state index in [1.54, 1.807) is 33.9 Å². The van der Waals surface area contributed by atoms with Gasteiger partial charge in [0.2, 0.25) is 0 Å². The number of nitrogens with zero attached hydrogens (tertiary/aromatic N) is 6. The van der Waals surface area contributed by atoms with Crippen LogP contribution in [0.25, 0.3) is 27.8 Å². The summed E-state index contributed by atoms with van der Waals surface area (Å²) < 4.78 is 17.9. The van der Waals surface area contributed by atoms with Gasteiger partial charge in [0.05, 0.1) is 35.5 Å². The quantitative estimate of drug-likeness (QED) is 0.544. The molecular weight excluding hydrogens is 333 g/mol. The van der Waals surface area contributed by atoms with E-state index in [0.717, 1.165) is 28.0 Å². The Morgan fingerprint density at radius 1 is 1.15 bits per heavy atom. The Morgan fingerprint density at radius 2 is 2.08 bits per heavy atom. The van der Waals surface area contributed by atoms with Gasteiger partial charge in [0.15, 0.2) is 5.65 Å². The lowest BCUT2D eigenvalue weighted by Crippen LogP contribution is -2.01. The molecule has 0 radical (unpaired) electrons. The standard InChI is InChI=1S/C18H14FN7/c1-25-10-13(8-22-25)16-2-3-18-20-9-14(26(18)24-16)5-11-4-12-7-21-23-17(12)6-15(11)19/h2-4,6-10H,5H2,1H3,(H,21,23). The number of halogens is 1. The van der Waals surface area contributed by atoms with Crippen LogP contribution in [0.1, 0.15) is 11.3 Å². The molecule has 8 heteroatoms. The van der Waals surface area contributed by atoms with Crippen LogP contribution in [-0.4, -0.2) is 34.6 Å². The van der Waals surface area contributed by atoms with E-state index in [1.165, 1.54) is 6.07 Å². The van der Waals surface area contributed by atoms with E-state index < -0.39 is 0 Å². The zero-order chi connectivity index (χ0) is 17.7. The summed E-state index contributed by atoms with van der Waals surface area (Å²) in [7, 11) is 1.86. The number of imidazole rings is 1. The van der Waals surface area contributed by atoms with E-state index in [0.29, 0.717) is 17.5 Å². The molecule has 0 unspecified atom stereocenters. The normalized spacial score (nSPS) is 11.6. The van der Waals surface area contributed by atoms with Crippen molar-refractivity contribution in [1.29, 1.82) is 0 Å². The highest BCUT2D eigenvalue weighted by molar-refractivity contribution is 5.78. The molecule has 0 fully saturated rings. The number of aromatic amines is 1. The first-order valence-electron chi connectivity index (χ1n) is 8.11. The Labute approximate surface area is 147 Å². The summed E-state index contributed by atoms with van der Waals surface area (Å²) in [5.41, 5.74) is 4.50. The molecule has 0 aliphatic heterocycles. The van der Waals surface area contributed by atoms with Crippen molar-refractivity contribution in [2.75, 3.05) is 0 Å². The minimum Gasteiger partial charge on any atom is -0.278 e. The molecule has 128 valence electrons. The molecule has 0 bridgehead atoms. The van der Waals surface area contributed by atoms with Crippen LogP contribution in [0.5, 0.6) is 0 Å². The van der Waals surface area contributed by atoms with Crippen LogP contribution < -0.4 is 0 Å². The van der Waals surface area contributed by atoms with Crippen LogP contribution in [0.15, 0.2) is 49.1 Å². The third kappa shape index (κ3) is 2.34. The van der Waals surface area contributed by atoms with Gasteiger partial charge >= 0.3 is 0 Å². The second-order valence-corrected chi connectivity index (χ2v) is 6.22. The topological polar surface area (TPSA) is 76.7 Å². The molecule has 1 N–H and O–H groups in total. The minimum absolute atomic E-state index is 0.278. The fourth-order valence-electron chi connectivity index (χ4n) is 3.09. The predicted molar refractivity (Wildman–Crippen MR) is 94.0 cm³/mol. The van der Waals surface area contributed by atoms with Crippen molar-refractivity contribution in [2.24, 2.45) is 7.05 Å². The first-order valence-corrected chi connectivity index (χ1v) is 8.11. The molecule has 26 heavy (non-hydrogen) atoms. The van der Waals surface area contributed by atoms with E-state index in [9.17, 15) is 4.39 Å². The fraction of sp³-hybridized carbons (Fsp3) is 0.111. The maximum Gasteiger partial charge on any atom is 0.153 e. The van der Waals surface area contributed by atoms with Gasteiger partial charge in [-0.25, -0.2) is 13.9 Å². The summed E-state index contributed by atoms with van der Waals surface area (Å²) in [5, 5.41) is 16.4. The molecule has 0 amide bonds. The van der Waals surface area contributed by atoms with Gasteiger partial charge in [-0.2, -0.15) is 15.3 Å². The van der Waals surface area contributed by atoms with Crippen LogP contribution in [-0.2, 0) is 13.5 Å². The second kappa shape index (κ2) is 5.48. The molecule has 0 aliphatic rings. The number of hydrogen-bond donors (Lipinski definition) is 1. The Kier molecular flexibility index (Phi) is 3.11. The number of benzene rings is 1. The molecule has 0 aliphatic carbocycles. The SMILES string of the molecule is Cn1cc(-c2ccc3ncc(Cc4cc5cn[nH]c5cc4F)n3n2)cn1. The summed E-state index contributed by atoms with van der Waals surface area (Å²) in [5.74, 6) is -0.278. The van der Waals surface area contributed by atoms with Gasteiger partial charge in [-0.05, 0) is 29.8 Å². The highest BCUT2D eigenvalue weighted by Gasteiger charge is 2.12. The lowest BCUT2D eigenvalue weighted by Gasteiger charge is -2.05. The number of nitrogens with one attached hydrogen (secondary N) is 1. The van der Waals surface area contributed by atoms with E-state index in [-0.39, 0.29) is 5.82 Å². The second-order valence-electron chi connectivity index (χ2n) is 6.22. The number of aryl methyl sites for hydroxylation is 1. The summed E-state index contributed by atoms with van der Waals surface area (Å²) in [6, 6.07) is 7.07. The molecule has 5 aromatic rings. The van der Waals surface area contributed by atoms with Gasteiger partial charge in [-0.3, -0.25) is 9.78 Å². The third-order valence-electron chi connectivity index (χ3n) is 4.41. The zero-order valence-electron chi connectivity index (χ0n) is 13.9. The highest BCUT2D eigenvalue weighted by atomic mass is 19.1. The molecular formula is C18H14FN7. The molecule has 0 atom stereocenters. The molecule has 4 heterocycles. The largest absolute Gasteiger partial charge is 0.278 e. The van der Waals surface area contributed by atoms with Gasteiger partial charge in [0, 0.05) is 30.6 Å². The Bertz CT molecular complexity index is 1250. The fourth-order valence-corrected chi connectivity index (χ4v) is 3.09. The van der Waals surface area contributed by atoms with E-state index >= 15 is 0 Å². The first-order chi connectivity index (χ1) is 12.7. The van der Waals surface area contributed by atoms with Crippen molar-refractivity contribution in [3.8, 4) is 11.3 Å². The Hall–Kier alpha value is -3.55. The molecule has 0 saturated carbocycles. The summed E-state index contributed by atoms with van der Waals surface area (Å²) in [6.45, 7) is 0. The summed E-state index contributed by atoms with van der Waals surface area (Å²) in [4.78, 5) is 4.38. The lowest BCUT2D eigenvalue weighted by atomic mass is 10.1. The third-order valence-corrected chi connectivity index (χ3v) is 4.41. The van der Waals surface area contributed by atoms with E-state index in [1.807, 2.05) is 25.4 Å². The predicted octanol–water partition coefficient (Wildman–Crippen LogP) is 2.74. The number of H-pyrrole nitrogens is 1.